The maximum Gasteiger partial charge on any atom is 0.120 e. The van der Waals surface area contributed by atoms with Gasteiger partial charge in [-0.1, -0.05) is 28.1 Å². The SMILES string of the molecule is CC(NCc1ncc(-c2cccc(Br)c2)[nH]1)C1CCCO1. The highest BCUT2D eigenvalue weighted by Crippen LogP contribution is 2.21. The van der Waals surface area contributed by atoms with E-state index in [1.54, 1.807) is 0 Å². The van der Waals surface area contributed by atoms with Gasteiger partial charge in [-0.15, -0.1) is 0 Å². The molecule has 0 radical (unpaired) electrons. The van der Waals surface area contributed by atoms with Crippen molar-refractivity contribution in [2.75, 3.05) is 6.61 Å². The van der Waals surface area contributed by atoms with Crippen molar-refractivity contribution >= 4 is 15.9 Å². The number of ether oxygens (including phenoxy) is 1. The van der Waals surface area contributed by atoms with Crippen LogP contribution in [-0.4, -0.2) is 28.7 Å². The number of aromatic amines is 1. The average Bonchev–Trinajstić information content (AvgIpc) is 3.16. The molecule has 2 atom stereocenters. The van der Waals surface area contributed by atoms with Gasteiger partial charge in [-0.2, -0.15) is 0 Å². The largest absolute Gasteiger partial charge is 0.377 e. The Labute approximate surface area is 133 Å². The number of hydrogen-bond acceptors (Lipinski definition) is 3. The van der Waals surface area contributed by atoms with Crippen molar-refractivity contribution in [2.45, 2.75) is 38.5 Å². The molecule has 2 N–H and O–H groups in total. The van der Waals surface area contributed by atoms with Crippen LogP contribution in [-0.2, 0) is 11.3 Å². The summed E-state index contributed by atoms with van der Waals surface area (Å²) in [5.41, 5.74) is 2.17. The van der Waals surface area contributed by atoms with Gasteiger partial charge in [-0.25, -0.2) is 4.98 Å². The number of rotatable bonds is 5. The second-order valence-corrected chi connectivity index (χ2v) is 6.39. The van der Waals surface area contributed by atoms with Crippen molar-refractivity contribution in [3.05, 3.63) is 40.8 Å². The van der Waals surface area contributed by atoms with Crippen LogP contribution < -0.4 is 5.32 Å². The highest BCUT2D eigenvalue weighted by molar-refractivity contribution is 9.10. The molecule has 1 saturated heterocycles. The van der Waals surface area contributed by atoms with Crippen molar-refractivity contribution in [2.24, 2.45) is 0 Å². The van der Waals surface area contributed by atoms with E-state index in [4.69, 9.17) is 4.74 Å². The van der Waals surface area contributed by atoms with E-state index in [0.717, 1.165) is 41.1 Å². The molecule has 112 valence electrons. The van der Waals surface area contributed by atoms with Crippen molar-refractivity contribution in [3.63, 3.8) is 0 Å². The second-order valence-electron chi connectivity index (χ2n) is 5.47. The predicted molar refractivity (Wildman–Crippen MR) is 87.0 cm³/mol. The van der Waals surface area contributed by atoms with E-state index in [2.05, 4.69) is 50.3 Å². The monoisotopic (exact) mass is 349 g/mol. The smallest absolute Gasteiger partial charge is 0.120 e. The van der Waals surface area contributed by atoms with Crippen LogP contribution in [0, 0.1) is 0 Å². The number of aromatic nitrogens is 2. The Morgan fingerprint density at radius 1 is 1.52 bits per heavy atom. The molecule has 2 unspecified atom stereocenters. The third-order valence-corrected chi connectivity index (χ3v) is 4.37. The highest BCUT2D eigenvalue weighted by atomic mass is 79.9. The van der Waals surface area contributed by atoms with Gasteiger partial charge in [-0.3, -0.25) is 0 Å². The standard InChI is InChI=1S/C16H20BrN3O/c1-11(15-6-3-7-21-15)18-10-16-19-9-14(20-16)12-4-2-5-13(17)8-12/h2,4-5,8-9,11,15,18H,3,6-7,10H2,1H3,(H,19,20). The van der Waals surface area contributed by atoms with Gasteiger partial charge in [0.05, 0.1) is 24.5 Å². The van der Waals surface area contributed by atoms with Gasteiger partial charge in [0.1, 0.15) is 5.82 Å². The number of imidazole rings is 1. The normalized spacial score (nSPS) is 19.8. The van der Waals surface area contributed by atoms with Gasteiger partial charge >= 0.3 is 0 Å². The maximum atomic E-state index is 5.69. The minimum Gasteiger partial charge on any atom is -0.377 e. The molecule has 0 amide bonds. The third-order valence-electron chi connectivity index (χ3n) is 3.88. The van der Waals surface area contributed by atoms with E-state index in [0.29, 0.717) is 12.1 Å². The number of halogens is 1. The molecule has 1 aliphatic rings. The zero-order valence-electron chi connectivity index (χ0n) is 12.1. The highest BCUT2D eigenvalue weighted by Gasteiger charge is 2.21. The fourth-order valence-electron chi connectivity index (χ4n) is 2.64. The summed E-state index contributed by atoms with van der Waals surface area (Å²) in [4.78, 5) is 7.81. The zero-order valence-corrected chi connectivity index (χ0v) is 13.7. The summed E-state index contributed by atoms with van der Waals surface area (Å²) in [5.74, 6) is 0.954. The molecular weight excluding hydrogens is 330 g/mol. The van der Waals surface area contributed by atoms with Gasteiger partial charge in [0, 0.05) is 22.7 Å². The Morgan fingerprint density at radius 3 is 3.19 bits per heavy atom. The molecule has 1 fully saturated rings. The Bertz CT molecular complexity index is 593. The lowest BCUT2D eigenvalue weighted by Crippen LogP contribution is -2.36. The number of nitrogens with one attached hydrogen (secondary N) is 2. The van der Waals surface area contributed by atoms with Crippen LogP contribution in [0.5, 0.6) is 0 Å². The van der Waals surface area contributed by atoms with Crippen LogP contribution in [0.25, 0.3) is 11.3 Å². The first-order chi connectivity index (χ1) is 10.2. The summed E-state index contributed by atoms with van der Waals surface area (Å²) in [6.45, 7) is 3.80. The fraction of sp³-hybridized carbons (Fsp3) is 0.438. The lowest BCUT2D eigenvalue weighted by Gasteiger charge is -2.19. The van der Waals surface area contributed by atoms with E-state index >= 15 is 0 Å². The van der Waals surface area contributed by atoms with E-state index in [1.807, 2.05) is 18.3 Å². The van der Waals surface area contributed by atoms with E-state index in [9.17, 15) is 0 Å². The molecular formula is C16H20BrN3O. The summed E-state index contributed by atoms with van der Waals surface area (Å²) in [7, 11) is 0. The summed E-state index contributed by atoms with van der Waals surface area (Å²) >= 11 is 3.49. The van der Waals surface area contributed by atoms with Gasteiger partial charge in [0.2, 0.25) is 0 Å². The van der Waals surface area contributed by atoms with Crippen LogP contribution in [0.4, 0.5) is 0 Å². The molecule has 1 aliphatic heterocycles. The molecule has 21 heavy (non-hydrogen) atoms. The lowest BCUT2D eigenvalue weighted by molar-refractivity contribution is 0.0830. The van der Waals surface area contributed by atoms with Crippen LogP contribution in [0.3, 0.4) is 0 Å². The first-order valence-corrected chi connectivity index (χ1v) is 8.16. The number of hydrogen-bond donors (Lipinski definition) is 2. The Kier molecular flexibility index (Phi) is 4.73. The number of H-pyrrole nitrogens is 1. The Balaban J connectivity index is 1.60. The summed E-state index contributed by atoms with van der Waals surface area (Å²) in [6, 6.07) is 8.56. The first kappa shape index (κ1) is 14.8. The van der Waals surface area contributed by atoms with Crippen LogP contribution >= 0.6 is 15.9 Å². The maximum absolute atomic E-state index is 5.69. The topological polar surface area (TPSA) is 49.9 Å². The molecule has 2 heterocycles. The average molecular weight is 350 g/mol. The van der Waals surface area contributed by atoms with Crippen LogP contribution in [0.2, 0.25) is 0 Å². The number of nitrogens with zero attached hydrogens (tertiary/aromatic N) is 1. The van der Waals surface area contributed by atoms with Crippen LogP contribution in [0.15, 0.2) is 34.9 Å². The second kappa shape index (κ2) is 6.73. The fourth-order valence-corrected chi connectivity index (χ4v) is 3.04. The van der Waals surface area contributed by atoms with E-state index < -0.39 is 0 Å². The molecule has 2 aromatic rings. The predicted octanol–water partition coefficient (Wildman–Crippen LogP) is 3.50. The van der Waals surface area contributed by atoms with Crippen molar-refractivity contribution < 1.29 is 4.74 Å². The first-order valence-electron chi connectivity index (χ1n) is 7.37. The summed E-state index contributed by atoms with van der Waals surface area (Å²) in [5, 5.41) is 3.49. The minimum absolute atomic E-state index is 0.338. The van der Waals surface area contributed by atoms with Gasteiger partial charge < -0.3 is 15.0 Å². The summed E-state index contributed by atoms with van der Waals surface area (Å²) in [6.07, 6.45) is 4.54. The molecule has 0 saturated carbocycles. The minimum atomic E-state index is 0.338. The molecule has 4 nitrogen and oxygen atoms in total. The third kappa shape index (κ3) is 3.73. The van der Waals surface area contributed by atoms with E-state index in [1.165, 1.54) is 6.42 Å². The zero-order chi connectivity index (χ0) is 14.7. The van der Waals surface area contributed by atoms with Crippen molar-refractivity contribution in [3.8, 4) is 11.3 Å². The Morgan fingerprint density at radius 2 is 2.43 bits per heavy atom. The lowest BCUT2D eigenvalue weighted by atomic mass is 10.1. The molecule has 0 spiro atoms. The van der Waals surface area contributed by atoms with Gasteiger partial charge in [0.15, 0.2) is 0 Å². The molecule has 0 aliphatic carbocycles. The quantitative estimate of drug-likeness (QED) is 0.868. The number of benzene rings is 1. The molecule has 3 rings (SSSR count). The molecule has 1 aromatic heterocycles. The van der Waals surface area contributed by atoms with Crippen molar-refractivity contribution in [1.82, 2.24) is 15.3 Å². The molecule has 5 heteroatoms. The van der Waals surface area contributed by atoms with E-state index in [-0.39, 0.29) is 0 Å². The van der Waals surface area contributed by atoms with Gasteiger partial charge in [0.25, 0.3) is 0 Å². The van der Waals surface area contributed by atoms with Crippen LogP contribution in [0.1, 0.15) is 25.6 Å². The van der Waals surface area contributed by atoms with Gasteiger partial charge in [-0.05, 0) is 31.9 Å². The molecule has 0 bridgehead atoms. The van der Waals surface area contributed by atoms with Crippen molar-refractivity contribution in [1.29, 1.82) is 0 Å². The Hall–Kier alpha value is -1.17. The molecule has 1 aromatic carbocycles. The summed E-state index contributed by atoms with van der Waals surface area (Å²) < 4.78 is 6.76.